The van der Waals surface area contributed by atoms with Gasteiger partial charge < -0.3 is 23.7 Å². The lowest BCUT2D eigenvalue weighted by Crippen LogP contribution is -2.59. The molecule has 3 saturated carbocycles. The molecule has 5 rings (SSSR count). The summed E-state index contributed by atoms with van der Waals surface area (Å²) in [6.07, 6.45) is 12.7. The molecule has 0 N–H and O–H groups in total. The van der Waals surface area contributed by atoms with Gasteiger partial charge in [0.15, 0.2) is 11.6 Å². The largest absolute Gasteiger partial charge is 0.369 e. The molecule has 0 aromatic heterocycles. The van der Waals surface area contributed by atoms with Crippen molar-refractivity contribution in [2.24, 2.45) is 5.92 Å². The predicted octanol–water partition coefficient (Wildman–Crippen LogP) is 4.10. The van der Waals surface area contributed by atoms with Crippen molar-refractivity contribution in [2.45, 2.75) is 113 Å². The summed E-state index contributed by atoms with van der Waals surface area (Å²) >= 11 is 0. The Morgan fingerprint density at radius 3 is 1.67 bits per heavy atom. The second-order valence-corrected chi connectivity index (χ2v) is 9.22. The van der Waals surface area contributed by atoms with E-state index in [-0.39, 0.29) is 36.4 Å². The summed E-state index contributed by atoms with van der Waals surface area (Å²) in [6.45, 7) is 6.57. The van der Waals surface area contributed by atoms with Crippen LogP contribution in [-0.2, 0) is 23.7 Å². The molecule has 5 heteroatoms. The Morgan fingerprint density at radius 2 is 1.22 bits per heavy atom. The molecule has 5 fully saturated rings. The molecule has 2 heterocycles. The molecule has 2 aliphatic heterocycles. The van der Waals surface area contributed by atoms with Crippen molar-refractivity contribution in [3.8, 4) is 0 Å². The average Bonchev–Trinajstić information content (AvgIpc) is 3.23. The zero-order chi connectivity index (χ0) is 18.5. The standard InChI is InChI=1S/C22H34O5/c1-3-14-23-18-19-16(24-21(26-19)10-6-4-7-11-21)15(2)17-20(18)27-22(25-17)12-8-5-9-13-22/h3,15-20H,1,4-14H2,2H3. The van der Waals surface area contributed by atoms with Gasteiger partial charge in [0.1, 0.15) is 18.3 Å². The van der Waals surface area contributed by atoms with Gasteiger partial charge >= 0.3 is 0 Å². The van der Waals surface area contributed by atoms with Crippen LogP contribution in [0.2, 0.25) is 0 Å². The monoisotopic (exact) mass is 378 g/mol. The smallest absolute Gasteiger partial charge is 0.169 e. The van der Waals surface area contributed by atoms with Gasteiger partial charge in [0, 0.05) is 31.6 Å². The van der Waals surface area contributed by atoms with Crippen molar-refractivity contribution in [3.05, 3.63) is 12.7 Å². The third-order valence-corrected chi connectivity index (χ3v) is 7.37. The Labute approximate surface area is 162 Å². The molecule has 3 aliphatic carbocycles. The number of ether oxygens (including phenoxy) is 5. The van der Waals surface area contributed by atoms with Crippen LogP contribution < -0.4 is 0 Å². The lowest BCUT2D eigenvalue weighted by atomic mass is 9.79. The van der Waals surface area contributed by atoms with Gasteiger partial charge in [0.25, 0.3) is 0 Å². The minimum atomic E-state index is -0.418. The van der Waals surface area contributed by atoms with Gasteiger partial charge in [-0.25, -0.2) is 0 Å². The topological polar surface area (TPSA) is 46.2 Å². The Hall–Kier alpha value is -0.460. The molecule has 152 valence electrons. The molecule has 0 aromatic rings. The van der Waals surface area contributed by atoms with Crippen molar-refractivity contribution < 1.29 is 23.7 Å². The Balaban J connectivity index is 1.41. The fraction of sp³-hybridized carbons (Fsp3) is 0.909. The van der Waals surface area contributed by atoms with Crippen molar-refractivity contribution in [2.75, 3.05) is 6.61 Å². The first-order valence-corrected chi connectivity index (χ1v) is 11.1. The molecule has 0 radical (unpaired) electrons. The highest BCUT2D eigenvalue weighted by Gasteiger charge is 2.65. The summed E-state index contributed by atoms with van der Waals surface area (Å²) in [5.41, 5.74) is 0. The van der Waals surface area contributed by atoms with Gasteiger partial charge in [0.2, 0.25) is 0 Å². The second kappa shape index (κ2) is 7.10. The zero-order valence-corrected chi connectivity index (χ0v) is 16.6. The molecule has 4 unspecified atom stereocenters. The number of hydrogen-bond donors (Lipinski definition) is 0. The highest BCUT2D eigenvalue weighted by Crippen LogP contribution is 2.52. The SMILES string of the molecule is C=CCOC1C2OC3(CCCCC3)OC2C(C)C2OC3(CCCCC3)OC21. The molecule has 0 bridgehead atoms. The Kier molecular flexibility index (Phi) is 4.88. The van der Waals surface area contributed by atoms with E-state index in [9.17, 15) is 0 Å². The Morgan fingerprint density at radius 1 is 0.778 bits per heavy atom. The third-order valence-electron chi connectivity index (χ3n) is 7.37. The van der Waals surface area contributed by atoms with E-state index in [1.165, 1.54) is 38.5 Å². The van der Waals surface area contributed by atoms with Crippen LogP contribution in [0.5, 0.6) is 0 Å². The summed E-state index contributed by atoms with van der Waals surface area (Å²) < 4.78 is 32.8. The number of fused-ring (bicyclic) bond motifs is 2. The normalized spacial score (nSPS) is 44.9. The molecule has 4 atom stereocenters. The summed E-state index contributed by atoms with van der Waals surface area (Å²) in [7, 11) is 0. The van der Waals surface area contributed by atoms with Gasteiger partial charge in [-0.3, -0.25) is 0 Å². The molecular weight excluding hydrogens is 344 g/mol. The quantitative estimate of drug-likeness (QED) is 0.692. The van der Waals surface area contributed by atoms with Gasteiger partial charge in [-0.2, -0.15) is 0 Å². The van der Waals surface area contributed by atoms with Gasteiger partial charge in [-0.1, -0.05) is 25.8 Å². The van der Waals surface area contributed by atoms with E-state index < -0.39 is 11.6 Å². The first-order valence-electron chi connectivity index (χ1n) is 11.1. The lowest BCUT2D eigenvalue weighted by Gasteiger charge is -2.41. The fourth-order valence-electron chi connectivity index (χ4n) is 6.03. The number of hydrogen-bond acceptors (Lipinski definition) is 5. The molecule has 5 aliphatic rings. The average molecular weight is 379 g/mol. The van der Waals surface area contributed by atoms with Crippen molar-refractivity contribution in [3.63, 3.8) is 0 Å². The van der Waals surface area contributed by atoms with Crippen LogP contribution in [0.1, 0.15) is 71.1 Å². The second-order valence-electron chi connectivity index (χ2n) is 9.22. The van der Waals surface area contributed by atoms with Crippen LogP contribution in [0, 0.1) is 5.92 Å². The van der Waals surface area contributed by atoms with Crippen LogP contribution in [0.4, 0.5) is 0 Å². The van der Waals surface area contributed by atoms with Crippen LogP contribution in [0.3, 0.4) is 0 Å². The maximum atomic E-state index is 6.64. The van der Waals surface area contributed by atoms with E-state index in [1.54, 1.807) is 6.08 Å². The number of rotatable bonds is 3. The van der Waals surface area contributed by atoms with E-state index in [4.69, 9.17) is 23.7 Å². The van der Waals surface area contributed by atoms with E-state index in [0.29, 0.717) is 6.61 Å². The van der Waals surface area contributed by atoms with E-state index in [1.807, 2.05) is 0 Å². The molecule has 0 amide bonds. The Bertz CT molecular complexity index is 509. The zero-order valence-electron chi connectivity index (χ0n) is 16.6. The van der Waals surface area contributed by atoms with Crippen molar-refractivity contribution in [1.29, 1.82) is 0 Å². The maximum Gasteiger partial charge on any atom is 0.169 e. The van der Waals surface area contributed by atoms with E-state index in [2.05, 4.69) is 13.5 Å². The third kappa shape index (κ3) is 3.10. The van der Waals surface area contributed by atoms with Gasteiger partial charge in [0.05, 0.1) is 18.8 Å². The first kappa shape index (κ1) is 18.6. The van der Waals surface area contributed by atoms with Crippen LogP contribution in [-0.4, -0.2) is 48.7 Å². The molecule has 27 heavy (non-hydrogen) atoms. The summed E-state index contributed by atoms with van der Waals surface area (Å²) in [5, 5.41) is 0. The highest BCUT2D eigenvalue weighted by atomic mass is 16.8. The van der Waals surface area contributed by atoms with Gasteiger partial charge in [-0.05, 0) is 25.7 Å². The lowest BCUT2D eigenvalue weighted by molar-refractivity contribution is -0.224. The molecule has 2 saturated heterocycles. The van der Waals surface area contributed by atoms with Crippen LogP contribution in [0.25, 0.3) is 0 Å². The minimum absolute atomic E-state index is 0.0153. The van der Waals surface area contributed by atoms with E-state index in [0.717, 1.165) is 25.7 Å². The van der Waals surface area contributed by atoms with Crippen molar-refractivity contribution in [1.82, 2.24) is 0 Å². The van der Waals surface area contributed by atoms with Crippen LogP contribution >= 0.6 is 0 Å². The molecule has 0 aromatic carbocycles. The molecular formula is C22H34O5. The minimum Gasteiger partial charge on any atom is -0.369 e. The maximum absolute atomic E-state index is 6.64. The van der Waals surface area contributed by atoms with Crippen molar-refractivity contribution >= 4 is 0 Å². The predicted molar refractivity (Wildman–Crippen MR) is 100 cm³/mol. The molecule has 5 nitrogen and oxygen atoms in total. The van der Waals surface area contributed by atoms with E-state index >= 15 is 0 Å². The fourth-order valence-corrected chi connectivity index (χ4v) is 6.03. The van der Waals surface area contributed by atoms with Crippen LogP contribution in [0.15, 0.2) is 12.7 Å². The van der Waals surface area contributed by atoms with Gasteiger partial charge in [-0.15, -0.1) is 6.58 Å². The summed E-state index contributed by atoms with van der Waals surface area (Å²) in [6, 6.07) is 0. The summed E-state index contributed by atoms with van der Waals surface area (Å²) in [5.74, 6) is -0.594. The first-order chi connectivity index (χ1) is 13.2. The summed E-state index contributed by atoms with van der Waals surface area (Å²) in [4.78, 5) is 0. The highest BCUT2D eigenvalue weighted by molar-refractivity contribution is 5.08. The molecule has 2 spiro atoms.